The molecule has 0 bridgehead atoms. The summed E-state index contributed by atoms with van der Waals surface area (Å²) in [6, 6.07) is 23.3. The van der Waals surface area contributed by atoms with Crippen LogP contribution in [0.15, 0.2) is 109 Å². The Morgan fingerprint density at radius 1 is 0.585 bits per heavy atom. The molecule has 0 radical (unpaired) electrons. The van der Waals surface area contributed by atoms with Gasteiger partial charge in [-0.1, -0.05) is 0 Å². The molecule has 0 saturated heterocycles. The number of non-ortho nitro benzene ring substituents is 1. The van der Waals surface area contributed by atoms with Crippen LogP contribution in [0.5, 0.6) is 11.5 Å². The number of carbonyl (C=O) groups excluding carboxylic acids is 6. The number of rotatable bonds is 19. The van der Waals surface area contributed by atoms with Gasteiger partial charge in [0.2, 0.25) is 5.91 Å². The number of nitrogens with zero attached hydrogens (tertiary/aromatic N) is 1. The van der Waals surface area contributed by atoms with E-state index in [1.54, 1.807) is 27.7 Å². The lowest BCUT2D eigenvalue weighted by atomic mass is 10.1. The Kier molecular flexibility index (Phi) is 15.8. The highest BCUT2D eigenvalue weighted by molar-refractivity contribution is 6.09. The van der Waals surface area contributed by atoms with Crippen molar-refractivity contribution < 1.29 is 57.8 Å². The van der Waals surface area contributed by atoms with Gasteiger partial charge in [-0.3, -0.25) is 34.1 Å². The van der Waals surface area contributed by atoms with Gasteiger partial charge in [0.25, 0.3) is 29.3 Å². The summed E-state index contributed by atoms with van der Waals surface area (Å²) in [5.74, 6) is -4.04. The first kappa shape index (κ1) is 47.6. The fourth-order valence-corrected chi connectivity index (χ4v) is 5.98. The van der Waals surface area contributed by atoms with Crippen LogP contribution < -0.4 is 36.1 Å². The van der Waals surface area contributed by atoms with Gasteiger partial charge in [-0.15, -0.1) is 0 Å². The van der Waals surface area contributed by atoms with Gasteiger partial charge in [-0.2, -0.15) is 0 Å². The molecular formula is C46H44N6O13. The number of methoxy groups -OCH3 is 1. The first-order valence-corrected chi connectivity index (χ1v) is 19.8. The third kappa shape index (κ3) is 12.8. The lowest BCUT2D eigenvalue weighted by Crippen LogP contribution is -2.52. The number of nitro groups is 1. The number of nitro benzene ring substituents is 1. The van der Waals surface area contributed by atoms with Crippen molar-refractivity contribution in [1.82, 2.24) is 5.32 Å². The molecule has 2 atom stereocenters. The lowest BCUT2D eigenvalue weighted by molar-refractivity contribution is -0.384. The number of carboxylic acids is 1. The van der Waals surface area contributed by atoms with Gasteiger partial charge in [-0.05, 0) is 125 Å². The molecule has 5 rings (SSSR count). The van der Waals surface area contributed by atoms with Crippen molar-refractivity contribution in [3.8, 4) is 11.5 Å². The van der Waals surface area contributed by atoms with E-state index in [0.29, 0.717) is 12.0 Å². The summed E-state index contributed by atoms with van der Waals surface area (Å²) >= 11 is 0. The fraction of sp³-hybridized carbons (Fsp3) is 0.196. The van der Waals surface area contributed by atoms with Crippen LogP contribution >= 0.6 is 0 Å². The number of carboxylic acid groups (broad SMARTS) is 1. The molecule has 0 fully saturated rings. The monoisotopic (exact) mass is 888 g/mol. The molecule has 0 aromatic heterocycles. The molecule has 0 aliphatic heterocycles. The Balaban J connectivity index is 1.23. The summed E-state index contributed by atoms with van der Waals surface area (Å²) in [5.41, 5.74) is 1.38. The van der Waals surface area contributed by atoms with Crippen molar-refractivity contribution in [2.45, 2.75) is 52.0 Å². The minimum Gasteiger partial charge on any atom is -0.489 e. The SMILES string of the molecule is COC(C=O)C(NC(=O)c1ccc(NC(=O)c2ccc([N+](=O)[O-])cc2)cc1)C(=O)Nc1ccc(C(=O)Nc2ccc(C(=O)Nc3ccc(C(=O)O)cc3OC(C)C)cc2OC(C)C)cc1. The topological polar surface area (TPSA) is 271 Å². The molecule has 6 N–H and O–H groups in total. The molecule has 0 aliphatic carbocycles. The first-order valence-electron chi connectivity index (χ1n) is 19.8. The highest BCUT2D eigenvalue weighted by atomic mass is 16.6. The van der Waals surface area contributed by atoms with Crippen LogP contribution in [0.25, 0.3) is 0 Å². The van der Waals surface area contributed by atoms with E-state index in [-0.39, 0.29) is 74.3 Å². The molecule has 65 heavy (non-hydrogen) atoms. The number of amides is 5. The van der Waals surface area contributed by atoms with Crippen LogP contribution in [0.1, 0.15) is 79.5 Å². The third-order valence-electron chi connectivity index (χ3n) is 9.16. The van der Waals surface area contributed by atoms with Gasteiger partial charge in [0.1, 0.15) is 23.6 Å². The number of nitrogens with one attached hydrogen (secondary N) is 5. The molecule has 19 nitrogen and oxygen atoms in total. The second-order valence-corrected chi connectivity index (χ2v) is 14.7. The van der Waals surface area contributed by atoms with Crippen molar-refractivity contribution in [3.05, 3.63) is 147 Å². The quantitative estimate of drug-likeness (QED) is 0.0291. The summed E-state index contributed by atoms with van der Waals surface area (Å²) in [5, 5.41) is 33.5. The van der Waals surface area contributed by atoms with Crippen molar-refractivity contribution in [3.63, 3.8) is 0 Å². The average Bonchev–Trinajstić information content (AvgIpc) is 3.27. The number of aromatic carboxylic acids is 1. The zero-order chi connectivity index (χ0) is 47.4. The highest BCUT2D eigenvalue weighted by Crippen LogP contribution is 2.31. The molecule has 0 heterocycles. The van der Waals surface area contributed by atoms with Gasteiger partial charge < -0.3 is 50.7 Å². The zero-order valence-corrected chi connectivity index (χ0v) is 35.6. The predicted molar refractivity (Wildman–Crippen MR) is 238 cm³/mol. The van der Waals surface area contributed by atoms with Gasteiger partial charge in [0, 0.05) is 52.9 Å². The van der Waals surface area contributed by atoms with Gasteiger partial charge in [0.05, 0.1) is 34.1 Å². The summed E-state index contributed by atoms with van der Waals surface area (Å²) in [4.78, 5) is 99.9. The molecule has 336 valence electrons. The average molecular weight is 889 g/mol. The van der Waals surface area contributed by atoms with Crippen molar-refractivity contribution in [2.75, 3.05) is 28.4 Å². The smallest absolute Gasteiger partial charge is 0.335 e. The van der Waals surface area contributed by atoms with E-state index in [1.165, 1.54) is 116 Å². The Bertz CT molecular complexity index is 2600. The maximum atomic E-state index is 13.5. The predicted octanol–water partition coefficient (Wildman–Crippen LogP) is 6.58. The van der Waals surface area contributed by atoms with Gasteiger partial charge >= 0.3 is 5.97 Å². The first-order chi connectivity index (χ1) is 31.0. The Morgan fingerprint density at radius 3 is 1.46 bits per heavy atom. The Labute approximate surface area is 371 Å². The van der Waals surface area contributed by atoms with E-state index in [2.05, 4.69) is 26.6 Å². The van der Waals surface area contributed by atoms with E-state index in [1.807, 2.05) is 0 Å². The molecule has 0 spiro atoms. The number of aldehydes is 1. The lowest BCUT2D eigenvalue weighted by Gasteiger charge is -2.22. The molecular weight excluding hydrogens is 845 g/mol. The van der Waals surface area contributed by atoms with E-state index < -0.39 is 52.6 Å². The van der Waals surface area contributed by atoms with E-state index in [0.717, 1.165) is 0 Å². The molecule has 5 aromatic carbocycles. The summed E-state index contributed by atoms with van der Waals surface area (Å²) in [6.45, 7) is 7.04. The Morgan fingerprint density at radius 2 is 1.00 bits per heavy atom. The van der Waals surface area contributed by atoms with Gasteiger partial charge in [-0.25, -0.2) is 4.79 Å². The van der Waals surface area contributed by atoms with Crippen LogP contribution in [0.3, 0.4) is 0 Å². The van der Waals surface area contributed by atoms with Crippen LogP contribution in [-0.2, 0) is 14.3 Å². The summed E-state index contributed by atoms with van der Waals surface area (Å²) in [7, 11) is 1.18. The molecule has 5 aromatic rings. The molecule has 19 heteroatoms. The van der Waals surface area contributed by atoms with E-state index in [9.17, 15) is 48.8 Å². The molecule has 0 aliphatic rings. The van der Waals surface area contributed by atoms with Crippen molar-refractivity contribution >= 4 is 70.2 Å². The standard InChI is InChI=1S/C46H44N6O13/c1-25(2)64-37-22-30(44(57)50-36-21-13-31(46(59)60)23-38(36)65-26(3)4)12-20-35(37)49-42(55)27-6-16-33(17-7-27)48-45(58)40(39(24-53)63-5)51-43(56)28-8-14-32(15-9-28)47-41(54)29-10-18-34(19-11-29)52(61)62/h6-26,39-40H,1-5H3,(H,47,54)(H,48,58)(H,49,55)(H,50,57)(H,51,56)(H,59,60). The molecule has 5 amide bonds. The number of hydrogen-bond acceptors (Lipinski definition) is 12. The summed E-state index contributed by atoms with van der Waals surface area (Å²) < 4.78 is 16.8. The number of anilines is 4. The largest absolute Gasteiger partial charge is 0.489 e. The fourth-order valence-electron chi connectivity index (χ4n) is 5.98. The maximum Gasteiger partial charge on any atom is 0.335 e. The third-order valence-corrected chi connectivity index (χ3v) is 9.16. The molecule has 0 saturated carbocycles. The number of ether oxygens (including phenoxy) is 3. The second-order valence-electron chi connectivity index (χ2n) is 14.7. The number of benzene rings is 5. The van der Waals surface area contributed by atoms with Crippen molar-refractivity contribution in [1.29, 1.82) is 0 Å². The van der Waals surface area contributed by atoms with Gasteiger partial charge in [0.15, 0.2) is 6.29 Å². The van der Waals surface area contributed by atoms with E-state index in [4.69, 9.17) is 14.2 Å². The van der Waals surface area contributed by atoms with E-state index >= 15 is 0 Å². The van der Waals surface area contributed by atoms with Crippen LogP contribution in [0, 0.1) is 10.1 Å². The summed E-state index contributed by atoms with van der Waals surface area (Å²) in [6.07, 6.45) is -1.72. The minimum absolute atomic E-state index is 0.0203. The maximum absolute atomic E-state index is 13.5. The second kappa shape index (κ2) is 21.6. The normalized spacial score (nSPS) is 11.7. The van der Waals surface area contributed by atoms with Crippen LogP contribution in [-0.4, -0.2) is 83.3 Å². The van der Waals surface area contributed by atoms with Crippen LogP contribution in [0.2, 0.25) is 0 Å². The zero-order valence-electron chi connectivity index (χ0n) is 35.6. The molecule has 2 unspecified atom stereocenters. The van der Waals surface area contributed by atoms with Crippen LogP contribution in [0.4, 0.5) is 28.4 Å². The minimum atomic E-state index is -1.51. The number of carbonyl (C=O) groups is 7. The highest BCUT2D eigenvalue weighted by Gasteiger charge is 2.31. The van der Waals surface area contributed by atoms with Crippen molar-refractivity contribution in [2.24, 2.45) is 0 Å². The number of hydrogen-bond donors (Lipinski definition) is 6. The Hall–Kier alpha value is -8.45.